The highest BCUT2D eigenvalue weighted by atomic mass is 16.6. The second-order valence-electron chi connectivity index (χ2n) is 4.65. The van der Waals surface area contributed by atoms with Crippen LogP contribution < -0.4 is 4.90 Å². The van der Waals surface area contributed by atoms with E-state index in [1.54, 1.807) is 19.1 Å². The molecule has 1 amide bonds. The summed E-state index contributed by atoms with van der Waals surface area (Å²) in [7, 11) is 2.44. The van der Waals surface area contributed by atoms with Gasteiger partial charge in [-0.05, 0) is 24.6 Å². The summed E-state index contributed by atoms with van der Waals surface area (Å²) in [6.45, 7) is 2.25. The predicted molar refractivity (Wildman–Crippen MR) is 82.5 cm³/mol. The van der Waals surface area contributed by atoms with E-state index in [0.717, 1.165) is 0 Å². The predicted octanol–water partition coefficient (Wildman–Crippen LogP) is 2.25. The van der Waals surface area contributed by atoms with Gasteiger partial charge in [0.15, 0.2) is 0 Å². The highest BCUT2D eigenvalue weighted by molar-refractivity contribution is 6.06. The Morgan fingerprint density at radius 3 is 2.26 bits per heavy atom. The van der Waals surface area contributed by atoms with Crippen LogP contribution in [0.4, 0.5) is 10.5 Å². The average molecular weight is 319 g/mol. The number of carbonyl (C=O) groups excluding carboxylic acids is 3. The fourth-order valence-corrected chi connectivity index (χ4v) is 2.29. The third-order valence-electron chi connectivity index (χ3n) is 3.34. The van der Waals surface area contributed by atoms with Crippen LogP contribution in [0.2, 0.25) is 0 Å². The number of carbonyl (C=O) groups is 3. The van der Waals surface area contributed by atoms with Gasteiger partial charge < -0.3 is 14.2 Å². The van der Waals surface area contributed by atoms with Gasteiger partial charge in [0.1, 0.15) is 0 Å². The number of fused-ring (bicyclic) bond motifs is 1. The number of anilines is 1. The van der Waals surface area contributed by atoms with E-state index in [2.05, 4.69) is 0 Å². The summed E-state index contributed by atoms with van der Waals surface area (Å²) >= 11 is 0. The number of benzene rings is 1. The minimum Gasteiger partial charge on any atom is -0.465 e. The number of methoxy groups -OCH3 is 2. The van der Waals surface area contributed by atoms with Crippen molar-refractivity contribution in [3.63, 3.8) is 0 Å². The molecule has 1 aromatic rings. The van der Waals surface area contributed by atoms with Crippen LogP contribution in [0.3, 0.4) is 0 Å². The van der Waals surface area contributed by atoms with Crippen molar-refractivity contribution in [2.45, 2.75) is 6.92 Å². The fraction of sp³-hybridized carbons (Fsp3) is 0.312. The van der Waals surface area contributed by atoms with Gasteiger partial charge in [0, 0.05) is 6.54 Å². The first-order chi connectivity index (χ1) is 11.0. The van der Waals surface area contributed by atoms with Gasteiger partial charge in [-0.3, -0.25) is 4.90 Å². The highest BCUT2D eigenvalue weighted by Crippen LogP contribution is 2.30. The van der Waals surface area contributed by atoms with E-state index in [1.807, 2.05) is 0 Å². The average Bonchev–Trinajstić information content (AvgIpc) is 2.58. The van der Waals surface area contributed by atoms with E-state index in [0.29, 0.717) is 17.8 Å². The summed E-state index contributed by atoms with van der Waals surface area (Å²) in [6.07, 6.45) is 3.00. The second-order valence-corrected chi connectivity index (χ2v) is 4.65. The number of nitrogens with zero attached hydrogens (tertiary/aromatic N) is 1. The van der Waals surface area contributed by atoms with Gasteiger partial charge in [0.2, 0.25) is 0 Å². The van der Waals surface area contributed by atoms with E-state index in [-0.39, 0.29) is 17.7 Å². The first-order valence-electron chi connectivity index (χ1n) is 6.99. The number of hydrogen-bond acceptors (Lipinski definition) is 6. The van der Waals surface area contributed by atoms with Gasteiger partial charge in [0.25, 0.3) is 0 Å². The standard InChI is InChI=1S/C16H17NO6/c1-4-23-16(20)17-7-5-6-10-8-11(14(18)21-2)12(9-13(10)17)15(19)22-3/h5-6,8-9H,4,7H2,1-3H3. The van der Waals surface area contributed by atoms with Gasteiger partial charge in [0.05, 0.1) is 37.6 Å². The van der Waals surface area contributed by atoms with Crippen LogP contribution in [0.5, 0.6) is 0 Å². The number of ether oxygens (including phenoxy) is 3. The molecule has 0 fully saturated rings. The summed E-state index contributed by atoms with van der Waals surface area (Å²) in [4.78, 5) is 37.3. The molecule has 0 aromatic heterocycles. The molecule has 2 rings (SSSR count). The first-order valence-corrected chi connectivity index (χ1v) is 6.99. The zero-order chi connectivity index (χ0) is 17.0. The second kappa shape index (κ2) is 6.95. The molecule has 1 aromatic carbocycles. The Balaban J connectivity index is 2.58. The third kappa shape index (κ3) is 3.18. The van der Waals surface area contributed by atoms with Crippen LogP contribution in [-0.2, 0) is 14.2 Å². The van der Waals surface area contributed by atoms with Crippen molar-refractivity contribution in [3.05, 3.63) is 34.9 Å². The van der Waals surface area contributed by atoms with Crippen molar-refractivity contribution in [2.75, 3.05) is 32.3 Å². The Hall–Kier alpha value is -2.83. The molecule has 122 valence electrons. The number of esters is 2. The van der Waals surface area contributed by atoms with E-state index in [4.69, 9.17) is 14.2 Å². The Labute approximate surface area is 133 Å². The number of rotatable bonds is 3. The lowest BCUT2D eigenvalue weighted by Gasteiger charge is -2.26. The normalized spacial score (nSPS) is 12.4. The molecule has 0 saturated carbocycles. The van der Waals surface area contributed by atoms with E-state index < -0.39 is 18.0 Å². The molecule has 0 N–H and O–H groups in total. The molecule has 7 nitrogen and oxygen atoms in total. The molecule has 0 radical (unpaired) electrons. The van der Waals surface area contributed by atoms with Crippen molar-refractivity contribution in [1.82, 2.24) is 0 Å². The molecule has 0 unspecified atom stereocenters. The molecule has 0 bridgehead atoms. The number of hydrogen-bond donors (Lipinski definition) is 0. The zero-order valence-electron chi connectivity index (χ0n) is 13.1. The Bertz CT molecular complexity index is 679. The van der Waals surface area contributed by atoms with Crippen molar-refractivity contribution in [2.24, 2.45) is 0 Å². The van der Waals surface area contributed by atoms with Gasteiger partial charge in [-0.15, -0.1) is 0 Å². The maximum absolute atomic E-state index is 12.0. The largest absolute Gasteiger partial charge is 0.465 e. The van der Waals surface area contributed by atoms with Crippen molar-refractivity contribution >= 4 is 29.8 Å². The van der Waals surface area contributed by atoms with Crippen LogP contribution in [-0.4, -0.2) is 45.4 Å². The smallest absolute Gasteiger partial charge is 0.414 e. The lowest BCUT2D eigenvalue weighted by Crippen LogP contribution is -2.34. The summed E-state index contributed by atoms with van der Waals surface area (Å²) in [5.41, 5.74) is 1.19. The Morgan fingerprint density at radius 1 is 1.09 bits per heavy atom. The topological polar surface area (TPSA) is 82.1 Å². The number of amides is 1. The Morgan fingerprint density at radius 2 is 1.70 bits per heavy atom. The van der Waals surface area contributed by atoms with Crippen LogP contribution in [0.25, 0.3) is 6.08 Å². The minimum absolute atomic E-state index is 0.0303. The minimum atomic E-state index is -0.688. The summed E-state index contributed by atoms with van der Waals surface area (Å²) in [5.74, 6) is -1.35. The van der Waals surface area contributed by atoms with Crippen LogP contribution in [0, 0.1) is 0 Å². The molecule has 0 spiro atoms. The summed E-state index contributed by atoms with van der Waals surface area (Å²) < 4.78 is 14.4. The van der Waals surface area contributed by atoms with Crippen molar-refractivity contribution in [3.8, 4) is 0 Å². The zero-order valence-corrected chi connectivity index (χ0v) is 13.1. The quantitative estimate of drug-likeness (QED) is 0.628. The van der Waals surface area contributed by atoms with Gasteiger partial charge >= 0.3 is 18.0 Å². The lowest BCUT2D eigenvalue weighted by molar-refractivity contribution is 0.0555. The molecule has 0 saturated heterocycles. The van der Waals surface area contributed by atoms with Crippen LogP contribution in [0.15, 0.2) is 18.2 Å². The van der Waals surface area contributed by atoms with Gasteiger partial charge in [-0.2, -0.15) is 0 Å². The monoisotopic (exact) mass is 319 g/mol. The van der Waals surface area contributed by atoms with E-state index >= 15 is 0 Å². The van der Waals surface area contributed by atoms with E-state index in [1.165, 1.54) is 31.3 Å². The first kappa shape index (κ1) is 16.5. The van der Waals surface area contributed by atoms with Crippen LogP contribution in [0.1, 0.15) is 33.2 Å². The summed E-state index contributed by atoms with van der Waals surface area (Å²) in [6, 6.07) is 2.93. The summed E-state index contributed by atoms with van der Waals surface area (Å²) in [5, 5.41) is 0. The lowest BCUT2D eigenvalue weighted by atomic mass is 9.99. The SMILES string of the molecule is CCOC(=O)N1CC=Cc2cc(C(=O)OC)c(C(=O)OC)cc21. The van der Waals surface area contributed by atoms with Crippen LogP contribution >= 0.6 is 0 Å². The molecule has 7 heteroatoms. The molecule has 0 aliphatic carbocycles. The maximum atomic E-state index is 12.0. The maximum Gasteiger partial charge on any atom is 0.414 e. The third-order valence-corrected chi connectivity index (χ3v) is 3.34. The molecule has 1 aliphatic rings. The molecule has 1 aliphatic heterocycles. The fourth-order valence-electron chi connectivity index (χ4n) is 2.29. The van der Waals surface area contributed by atoms with E-state index in [9.17, 15) is 14.4 Å². The van der Waals surface area contributed by atoms with Crippen molar-refractivity contribution in [1.29, 1.82) is 0 Å². The molecule has 23 heavy (non-hydrogen) atoms. The highest BCUT2D eigenvalue weighted by Gasteiger charge is 2.27. The molecule has 0 atom stereocenters. The molecule has 1 heterocycles. The van der Waals surface area contributed by atoms with Crippen molar-refractivity contribution < 1.29 is 28.6 Å². The molecular formula is C16H17NO6. The molecular weight excluding hydrogens is 302 g/mol. The Kier molecular flexibility index (Phi) is 5.00. The van der Waals surface area contributed by atoms with Gasteiger partial charge in [-0.25, -0.2) is 14.4 Å². The van der Waals surface area contributed by atoms with Gasteiger partial charge in [-0.1, -0.05) is 12.2 Å².